The Balaban J connectivity index is 1.41. The van der Waals surface area contributed by atoms with Gasteiger partial charge < -0.3 is 25.8 Å². The lowest BCUT2D eigenvalue weighted by molar-refractivity contribution is 0.0736. The van der Waals surface area contributed by atoms with Crippen LogP contribution >= 0.6 is 23.2 Å². The van der Waals surface area contributed by atoms with E-state index >= 15 is 0 Å². The number of fused-ring (bicyclic) bond motifs is 1. The second-order valence-corrected chi connectivity index (χ2v) is 9.55. The number of rotatable bonds is 7. The van der Waals surface area contributed by atoms with Crippen molar-refractivity contribution in [1.29, 1.82) is 0 Å². The normalized spacial score (nSPS) is 16.1. The predicted octanol–water partition coefficient (Wildman–Crippen LogP) is 4.28. The number of likely N-dealkylation sites (tertiary alicyclic amines) is 1. The topological polar surface area (TPSA) is 119 Å². The van der Waals surface area contributed by atoms with Crippen molar-refractivity contribution in [2.24, 2.45) is 0 Å². The fourth-order valence-corrected chi connectivity index (χ4v) is 4.71. The average molecular weight is 531 g/mol. The maximum absolute atomic E-state index is 13.2. The summed E-state index contributed by atoms with van der Waals surface area (Å²) in [6.07, 6.45) is 1.64. The van der Waals surface area contributed by atoms with Gasteiger partial charge in [0.2, 0.25) is 0 Å². The standard InChI is InChI=1S/C25H28Cl2N6O3/c1-3-28-25(36)29-13-17-5-4-10-33(17)24(35)18-8-6-15(11-19(18)27)23(34)30-14(2)22-31-20-9-7-16(26)12-21(20)32-22/h6-9,11-12,14,17H,3-5,10,13H2,1-2H3,(H,30,34)(H,31,32)(H2,28,29,36)/t14-,17+/m0/s1. The van der Waals surface area contributed by atoms with Gasteiger partial charge in [-0.15, -0.1) is 0 Å². The van der Waals surface area contributed by atoms with Crippen LogP contribution in [0.25, 0.3) is 11.0 Å². The van der Waals surface area contributed by atoms with Gasteiger partial charge in [0.25, 0.3) is 11.8 Å². The van der Waals surface area contributed by atoms with Crippen molar-refractivity contribution in [2.75, 3.05) is 19.6 Å². The lowest BCUT2D eigenvalue weighted by atomic mass is 10.1. The number of hydrogen-bond acceptors (Lipinski definition) is 4. The van der Waals surface area contributed by atoms with Gasteiger partial charge in [-0.25, -0.2) is 9.78 Å². The highest BCUT2D eigenvalue weighted by atomic mass is 35.5. The van der Waals surface area contributed by atoms with Gasteiger partial charge in [-0.05, 0) is 63.1 Å². The summed E-state index contributed by atoms with van der Waals surface area (Å²) in [4.78, 5) is 47.2. The molecule has 0 aliphatic carbocycles. The second-order valence-electron chi connectivity index (χ2n) is 8.71. The Kier molecular flexibility index (Phi) is 8.01. The number of imidazole rings is 1. The Bertz CT molecular complexity index is 1290. The first kappa shape index (κ1) is 25.8. The van der Waals surface area contributed by atoms with E-state index in [1.807, 2.05) is 19.9 Å². The zero-order valence-electron chi connectivity index (χ0n) is 20.0. The van der Waals surface area contributed by atoms with Gasteiger partial charge in [-0.1, -0.05) is 23.2 Å². The zero-order valence-corrected chi connectivity index (χ0v) is 21.5. The summed E-state index contributed by atoms with van der Waals surface area (Å²) in [7, 11) is 0. The Labute approximate surface area is 218 Å². The third-order valence-corrected chi connectivity index (χ3v) is 6.70. The Hall–Kier alpha value is -3.30. The van der Waals surface area contributed by atoms with Crippen molar-refractivity contribution in [3.8, 4) is 0 Å². The molecule has 4 N–H and O–H groups in total. The summed E-state index contributed by atoms with van der Waals surface area (Å²) >= 11 is 12.5. The van der Waals surface area contributed by atoms with Gasteiger partial charge in [0.05, 0.1) is 27.7 Å². The number of carbonyl (C=O) groups excluding carboxylic acids is 3. The molecule has 1 aromatic heterocycles. The van der Waals surface area contributed by atoms with E-state index in [2.05, 4.69) is 25.9 Å². The molecule has 1 aliphatic rings. The number of H-pyrrole nitrogens is 1. The number of nitrogens with one attached hydrogen (secondary N) is 4. The molecule has 2 heterocycles. The summed E-state index contributed by atoms with van der Waals surface area (Å²) in [5, 5.41) is 9.16. The van der Waals surface area contributed by atoms with Crippen LogP contribution < -0.4 is 16.0 Å². The first-order chi connectivity index (χ1) is 17.3. The van der Waals surface area contributed by atoms with Crippen molar-refractivity contribution in [3.05, 3.63) is 63.4 Å². The smallest absolute Gasteiger partial charge is 0.314 e. The number of aromatic amines is 1. The van der Waals surface area contributed by atoms with Crippen molar-refractivity contribution in [3.63, 3.8) is 0 Å². The summed E-state index contributed by atoms with van der Waals surface area (Å²) in [6, 6.07) is 9.23. The second kappa shape index (κ2) is 11.2. The summed E-state index contributed by atoms with van der Waals surface area (Å²) in [5.74, 6) is 0.0355. The highest BCUT2D eigenvalue weighted by Gasteiger charge is 2.31. The molecule has 1 aliphatic heterocycles. The number of amides is 4. The lowest BCUT2D eigenvalue weighted by Crippen LogP contribution is -2.45. The highest BCUT2D eigenvalue weighted by molar-refractivity contribution is 6.34. The van der Waals surface area contributed by atoms with E-state index in [1.165, 1.54) is 6.07 Å². The van der Waals surface area contributed by atoms with E-state index in [0.717, 1.165) is 18.4 Å². The molecule has 0 bridgehead atoms. The molecule has 0 spiro atoms. The molecule has 1 fully saturated rings. The quantitative estimate of drug-likeness (QED) is 0.364. The van der Waals surface area contributed by atoms with Crippen LogP contribution in [0.2, 0.25) is 10.0 Å². The Morgan fingerprint density at radius 3 is 2.72 bits per heavy atom. The molecule has 1 saturated heterocycles. The van der Waals surface area contributed by atoms with Gasteiger partial charge in [0.15, 0.2) is 0 Å². The first-order valence-corrected chi connectivity index (χ1v) is 12.6. The van der Waals surface area contributed by atoms with Gasteiger partial charge in [0.1, 0.15) is 5.82 Å². The van der Waals surface area contributed by atoms with Crippen LogP contribution in [0.3, 0.4) is 0 Å². The summed E-state index contributed by atoms with van der Waals surface area (Å²) < 4.78 is 0. The van der Waals surface area contributed by atoms with Crippen molar-refractivity contribution in [2.45, 2.75) is 38.8 Å². The SMILES string of the molecule is CCNC(=O)NC[C@H]1CCCN1C(=O)c1ccc(C(=O)N[C@@H](C)c2nc3cc(Cl)ccc3[nH]2)cc1Cl. The number of hydrogen-bond donors (Lipinski definition) is 4. The minimum Gasteiger partial charge on any atom is -0.342 e. The van der Waals surface area contributed by atoms with E-state index in [9.17, 15) is 14.4 Å². The highest BCUT2D eigenvalue weighted by Crippen LogP contribution is 2.25. The molecule has 9 nitrogen and oxygen atoms in total. The zero-order chi connectivity index (χ0) is 25.8. The van der Waals surface area contributed by atoms with Crippen LogP contribution in [0.5, 0.6) is 0 Å². The van der Waals surface area contributed by atoms with Crippen LogP contribution in [-0.2, 0) is 0 Å². The number of nitrogens with zero attached hydrogens (tertiary/aromatic N) is 2. The van der Waals surface area contributed by atoms with Crippen molar-refractivity contribution >= 4 is 52.1 Å². The van der Waals surface area contributed by atoms with Crippen LogP contribution in [0, 0.1) is 0 Å². The summed E-state index contributed by atoms with van der Waals surface area (Å²) in [6.45, 7) is 5.13. The van der Waals surface area contributed by atoms with E-state index in [4.69, 9.17) is 23.2 Å². The molecule has 11 heteroatoms. The molecule has 0 unspecified atom stereocenters. The number of aromatic nitrogens is 2. The number of urea groups is 1. The minimum absolute atomic E-state index is 0.112. The van der Waals surface area contributed by atoms with Gasteiger partial charge in [-0.2, -0.15) is 0 Å². The molecule has 2 atom stereocenters. The fourth-order valence-electron chi connectivity index (χ4n) is 4.29. The van der Waals surface area contributed by atoms with Gasteiger partial charge in [0, 0.05) is 36.3 Å². The van der Waals surface area contributed by atoms with E-state index in [1.54, 1.807) is 29.2 Å². The third kappa shape index (κ3) is 5.74. The fraction of sp³-hybridized carbons (Fsp3) is 0.360. The molecule has 190 valence electrons. The van der Waals surface area contributed by atoms with E-state index < -0.39 is 6.04 Å². The molecule has 3 aromatic rings. The molecule has 2 aromatic carbocycles. The van der Waals surface area contributed by atoms with Crippen LogP contribution in [-0.4, -0.2) is 58.4 Å². The van der Waals surface area contributed by atoms with Crippen molar-refractivity contribution < 1.29 is 14.4 Å². The Morgan fingerprint density at radius 2 is 1.97 bits per heavy atom. The largest absolute Gasteiger partial charge is 0.342 e. The van der Waals surface area contributed by atoms with E-state index in [-0.39, 0.29) is 28.9 Å². The predicted molar refractivity (Wildman–Crippen MR) is 140 cm³/mol. The van der Waals surface area contributed by atoms with Crippen LogP contribution in [0.15, 0.2) is 36.4 Å². The summed E-state index contributed by atoms with van der Waals surface area (Å²) in [5.41, 5.74) is 2.19. The Morgan fingerprint density at radius 1 is 1.17 bits per heavy atom. The molecule has 4 amide bonds. The molecule has 0 saturated carbocycles. The number of halogens is 2. The average Bonchev–Trinajstić information content (AvgIpc) is 3.49. The monoisotopic (exact) mass is 530 g/mol. The molecular weight excluding hydrogens is 503 g/mol. The van der Waals surface area contributed by atoms with Crippen molar-refractivity contribution in [1.82, 2.24) is 30.8 Å². The third-order valence-electron chi connectivity index (χ3n) is 6.16. The molecule has 0 radical (unpaired) electrons. The van der Waals surface area contributed by atoms with Gasteiger partial charge in [-0.3, -0.25) is 9.59 Å². The minimum atomic E-state index is -0.397. The maximum atomic E-state index is 13.2. The first-order valence-electron chi connectivity index (χ1n) is 11.8. The maximum Gasteiger partial charge on any atom is 0.314 e. The lowest BCUT2D eigenvalue weighted by Gasteiger charge is -2.25. The number of carbonyl (C=O) groups is 3. The van der Waals surface area contributed by atoms with Gasteiger partial charge >= 0.3 is 6.03 Å². The van der Waals surface area contributed by atoms with Crippen LogP contribution in [0.1, 0.15) is 59.3 Å². The molecule has 36 heavy (non-hydrogen) atoms. The van der Waals surface area contributed by atoms with Crippen LogP contribution in [0.4, 0.5) is 4.79 Å². The molecule has 4 rings (SSSR count). The molecular formula is C25H28Cl2N6O3. The number of benzene rings is 2. The van der Waals surface area contributed by atoms with E-state index in [0.29, 0.717) is 47.1 Å².